The molecule has 0 spiro atoms. The first-order valence-corrected chi connectivity index (χ1v) is 11.0. The van der Waals surface area contributed by atoms with E-state index in [1.165, 1.54) is 55.0 Å². The minimum atomic E-state index is -0.472. The second kappa shape index (κ2) is 10.9. The van der Waals surface area contributed by atoms with Crippen molar-refractivity contribution in [2.45, 2.75) is 45.4 Å². The van der Waals surface area contributed by atoms with E-state index in [1.807, 2.05) is 24.3 Å². The summed E-state index contributed by atoms with van der Waals surface area (Å²) < 4.78 is 0. The van der Waals surface area contributed by atoms with E-state index in [9.17, 15) is 14.9 Å². The first-order valence-electron chi connectivity index (χ1n) is 10.7. The monoisotopic (exact) mass is 442 g/mol. The van der Waals surface area contributed by atoms with Crippen LogP contribution in [0.1, 0.15) is 51.0 Å². The van der Waals surface area contributed by atoms with Gasteiger partial charge in [-0.2, -0.15) is 5.10 Å². The number of nitrogens with one attached hydrogen (secondary N) is 1. The second-order valence-electron chi connectivity index (χ2n) is 7.71. The number of unbranched alkanes of at least 4 members (excludes halogenated alkanes) is 4. The van der Waals surface area contributed by atoms with E-state index in [-0.39, 0.29) is 17.6 Å². The van der Waals surface area contributed by atoms with Crippen LogP contribution >= 0.6 is 11.6 Å². The number of carbonyl (C=O) groups is 1. The van der Waals surface area contributed by atoms with Crippen LogP contribution in [-0.4, -0.2) is 28.2 Å². The molecule has 164 valence electrons. The van der Waals surface area contributed by atoms with E-state index in [0.29, 0.717) is 17.3 Å². The summed E-state index contributed by atoms with van der Waals surface area (Å²) in [5.74, 6) is 0.158. The van der Waals surface area contributed by atoms with Crippen LogP contribution in [0.3, 0.4) is 0 Å². The van der Waals surface area contributed by atoms with Gasteiger partial charge in [0, 0.05) is 28.8 Å². The summed E-state index contributed by atoms with van der Waals surface area (Å²) in [6.07, 6.45) is 6.90. The topological polar surface area (TPSA) is 87.8 Å². The Morgan fingerprint density at radius 3 is 2.45 bits per heavy atom. The Hall–Kier alpha value is -2.93. The molecule has 1 unspecified atom stereocenters. The first-order chi connectivity index (χ1) is 15.0. The molecule has 1 N–H and O–H groups in total. The zero-order chi connectivity index (χ0) is 22.2. The number of hydrogen-bond donors (Lipinski definition) is 1. The lowest BCUT2D eigenvalue weighted by molar-refractivity contribution is -0.384. The molecule has 2 aromatic carbocycles. The Bertz CT molecular complexity index is 929. The van der Waals surface area contributed by atoms with Crippen LogP contribution in [0.15, 0.2) is 53.6 Å². The van der Waals surface area contributed by atoms with Crippen LogP contribution in [0, 0.1) is 16.0 Å². The summed E-state index contributed by atoms with van der Waals surface area (Å²) >= 11 is 6.03. The molecule has 2 amide bonds. The fourth-order valence-corrected chi connectivity index (χ4v) is 3.79. The molecular weight excluding hydrogens is 416 g/mol. The Kier molecular flexibility index (Phi) is 8.00. The van der Waals surface area contributed by atoms with E-state index in [4.69, 9.17) is 11.6 Å². The number of nitro benzene ring substituents is 1. The highest BCUT2D eigenvalue weighted by molar-refractivity contribution is 6.30. The number of non-ortho nitro benzene ring substituents is 1. The third-order valence-corrected chi connectivity index (χ3v) is 5.62. The molecule has 7 nitrogen and oxygen atoms in total. The van der Waals surface area contributed by atoms with Crippen molar-refractivity contribution in [2.24, 2.45) is 11.0 Å². The van der Waals surface area contributed by atoms with Crippen LogP contribution in [0.2, 0.25) is 5.02 Å². The number of halogens is 1. The van der Waals surface area contributed by atoms with Crippen LogP contribution < -0.4 is 5.32 Å². The standard InChI is InChI=1S/C23H27ClN4O3/c1-2-3-4-5-6-7-18-16-27(26-22(18)17-8-10-19(24)11-9-17)23(29)25-20-12-14-21(15-13-20)28(30)31/h8-15,18H,2-7,16H2,1H3,(H,25,29). The number of amides is 2. The number of hydrazone groups is 1. The molecule has 1 aliphatic heterocycles. The molecule has 0 fully saturated rings. The van der Waals surface area contributed by atoms with Gasteiger partial charge in [-0.3, -0.25) is 10.1 Å². The van der Waals surface area contributed by atoms with Gasteiger partial charge in [-0.05, 0) is 36.2 Å². The molecule has 0 bridgehead atoms. The molecule has 3 rings (SSSR count). The Morgan fingerprint density at radius 1 is 1.13 bits per heavy atom. The quantitative estimate of drug-likeness (QED) is 0.274. The zero-order valence-electron chi connectivity index (χ0n) is 17.6. The molecule has 0 radical (unpaired) electrons. The highest BCUT2D eigenvalue weighted by Gasteiger charge is 2.30. The Morgan fingerprint density at radius 2 is 1.81 bits per heavy atom. The van der Waals surface area contributed by atoms with Crippen LogP contribution in [0.5, 0.6) is 0 Å². The van der Waals surface area contributed by atoms with Crippen molar-refractivity contribution in [1.82, 2.24) is 5.01 Å². The maximum atomic E-state index is 12.8. The van der Waals surface area contributed by atoms with Gasteiger partial charge >= 0.3 is 6.03 Å². The normalized spacial score (nSPS) is 15.6. The third kappa shape index (κ3) is 6.28. The molecule has 31 heavy (non-hydrogen) atoms. The minimum Gasteiger partial charge on any atom is -0.306 e. The molecule has 0 saturated carbocycles. The SMILES string of the molecule is CCCCCCCC1CN(C(=O)Nc2ccc([N+](=O)[O-])cc2)N=C1c1ccc(Cl)cc1. The van der Waals surface area contributed by atoms with Gasteiger partial charge in [0.25, 0.3) is 5.69 Å². The number of anilines is 1. The summed E-state index contributed by atoms with van der Waals surface area (Å²) in [4.78, 5) is 23.1. The van der Waals surface area contributed by atoms with Gasteiger partial charge in [-0.15, -0.1) is 0 Å². The number of rotatable bonds is 9. The van der Waals surface area contributed by atoms with E-state index in [2.05, 4.69) is 17.3 Å². The fourth-order valence-electron chi connectivity index (χ4n) is 3.67. The van der Waals surface area contributed by atoms with Crippen molar-refractivity contribution in [3.05, 3.63) is 69.2 Å². The van der Waals surface area contributed by atoms with Gasteiger partial charge in [-0.25, -0.2) is 9.80 Å². The summed E-state index contributed by atoms with van der Waals surface area (Å²) in [6.45, 7) is 2.70. The summed E-state index contributed by atoms with van der Waals surface area (Å²) in [6, 6.07) is 12.9. The first kappa shape index (κ1) is 22.7. The number of urea groups is 1. The average molecular weight is 443 g/mol. The average Bonchev–Trinajstić information content (AvgIpc) is 3.19. The molecular formula is C23H27ClN4O3. The Balaban J connectivity index is 1.69. The van der Waals surface area contributed by atoms with E-state index in [0.717, 1.165) is 24.1 Å². The van der Waals surface area contributed by atoms with Gasteiger partial charge in [0.2, 0.25) is 0 Å². The molecule has 0 saturated heterocycles. The highest BCUT2D eigenvalue weighted by Crippen LogP contribution is 2.26. The van der Waals surface area contributed by atoms with Gasteiger partial charge < -0.3 is 5.32 Å². The highest BCUT2D eigenvalue weighted by atomic mass is 35.5. The molecule has 1 atom stereocenters. The second-order valence-corrected chi connectivity index (χ2v) is 8.14. The predicted molar refractivity (Wildman–Crippen MR) is 124 cm³/mol. The number of nitrogens with zero attached hydrogens (tertiary/aromatic N) is 3. The lowest BCUT2D eigenvalue weighted by atomic mass is 9.92. The van der Waals surface area contributed by atoms with E-state index >= 15 is 0 Å². The number of carbonyl (C=O) groups excluding carboxylic acids is 1. The smallest absolute Gasteiger partial charge is 0.306 e. The number of benzene rings is 2. The van der Waals surface area contributed by atoms with E-state index in [1.54, 1.807) is 0 Å². The van der Waals surface area contributed by atoms with Crippen LogP contribution in [0.25, 0.3) is 0 Å². The summed E-state index contributed by atoms with van der Waals surface area (Å²) in [5.41, 5.74) is 2.33. The molecule has 1 heterocycles. The Labute approximate surface area is 187 Å². The van der Waals surface area contributed by atoms with Crippen molar-refractivity contribution >= 4 is 34.7 Å². The molecule has 8 heteroatoms. The predicted octanol–water partition coefficient (Wildman–Crippen LogP) is 6.48. The fraction of sp³-hybridized carbons (Fsp3) is 0.391. The number of nitro groups is 1. The maximum Gasteiger partial charge on any atom is 0.342 e. The van der Waals surface area contributed by atoms with E-state index < -0.39 is 4.92 Å². The van der Waals surface area contributed by atoms with Crippen molar-refractivity contribution < 1.29 is 9.72 Å². The molecule has 0 aliphatic carbocycles. The minimum absolute atomic E-state index is 0.0228. The maximum absolute atomic E-state index is 12.8. The van der Waals surface area contributed by atoms with Gasteiger partial charge in [0.15, 0.2) is 0 Å². The van der Waals surface area contributed by atoms with Crippen molar-refractivity contribution in [1.29, 1.82) is 0 Å². The largest absolute Gasteiger partial charge is 0.342 e. The van der Waals surface area contributed by atoms with Crippen molar-refractivity contribution in [2.75, 3.05) is 11.9 Å². The molecule has 2 aromatic rings. The molecule has 1 aliphatic rings. The number of hydrogen-bond acceptors (Lipinski definition) is 4. The third-order valence-electron chi connectivity index (χ3n) is 5.37. The molecule has 0 aromatic heterocycles. The lowest BCUT2D eigenvalue weighted by Crippen LogP contribution is -2.30. The van der Waals surface area contributed by atoms with Gasteiger partial charge in [-0.1, -0.05) is 62.8 Å². The summed E-state index contributed by atoms with van der Waals surface area (Å²) in [7, 11) is 0. The summed E-state index contributed by atoms with van der Waals surface area (Å²) in [5, 5.41) is 20.3. The van der Waals surface area contributed by atoms with Gasteiger partial charge in [0.1, 0.15) is 0 Å². The zero-order valence-corrected chi connectivity index (χ0v) is 18.3. The van der Waals surface area contributed by atoms with Crippen molar-refractivity contribution in [3.63, 3.8) is 0 Å². The van der Waals surface area contributed by atoms with Crippen LogP contribution in [0.4, 0.5) is 16.2 Å². The van der Waals surface area contributed by atoms with Crippen molar-refractivity contribution in [3.8, 4) is 0 Å². The lowest BCUT2D eigenvalue weighted by Gasteiger charge is -2.15. The van der Waals surface area contributed by atoms with Gasteiger partial charge in [0.05, 0.1) is 17.2 Å². The van der Waals surface area contributed by atoms with Crippen LogP contribution in [-0.2, 0) is 0 Å².